The number of hydrogen-bond donors (Lipinski definition) is 3. The summed E-state index contributed by atoms with van der Waals surface area (Å²) < 4.78 is 72.2. The van der Waals surface area contributed by atoms with Crippen molar-refractivity contribution in [3.63, 3.8) is 0 Å². The Bertz CT molecular complexity index is 1380. The minimum Gasteiger partial charge on any atom is -0.478 e. The van der Waals surface area contributed by atoms with Crippen molar-refractivity contribution in [3.8, 4) is 11.1 Å². The first-order chi connectivity index (χ1) is 17.7. The summed E-state index contributed by atoms with van der Waals surface area (Å²) >= 11 is 0. The molecule has 3 N–H and O–H groups in total. The van der Waals surface area contributed by atoms with E-state index in [9.17, 15) is 15.0 Å². The molecule has 0 aliphatic rings. The van der Waals surface area contributed by atoms with E-state index in [1.165, 1.54) is 6.92 Å². The third kappa shape index (κ3) is 6.01. The molecular formula is C25H27NO3. The first-order valence-electron chi connectivity index (χ1n) is 13.6. The lowest BCUT2D eigenvalue weighted by atomic mass is 9.99. The summed E-state index contributed by atoms with van der Waals surface area (Å²) in [6.45, 7) is 1.47. The van der Waals surface area contributed by atoms with Gasteiger partial charge in [-0.3, -0.25) is 0 Å². The Morgan fingerprint density at radius 3 is 2.83 bits per heavy atom. The predicted octanol–water partition coefficient (Wildman–Crippen LogP) is 4.62. The Balaban J connectivity index is 1.71. The third-order valence-electron chi connectivity index (χ3n) is 4.20. The van der Waals surface area contributed by atoms with Gasteiger partial charge in [-0.05, 0) is 60.6 Å². The van der Waals surface area contributed by atoms with Crippen LogP contribution in [0.4, 0.5) is 0 Å². The van der Waals surface area contributed by atoms with Gasteiger partial charge in [0.05, 0.1) is 24.0 Å². The smallest absolute Gasteiger partial charge is 0.335 e. The molecule has 4 heteroatoms. The number of nitrogens with one attached hydrogen (secondary N) is 1. The fourth-order valence-corrected chi connectivity index (χ4v) is 2.77. The first kappa shape index (κ1) is 11.9. The lowest BCUT2D eigenvalue weighted by Crippen LogP contribution is -2.22. The van der Waals surface area contributed by atoms with Crippen molar-refractivity contribution in [2.45, 2.75) is 25.8 Å². The summed E-state index contributed by atoms with van der Waals surface area (Å²) in [6, 6.07) is 3.07. The van der Waals surface area contributed by atoms with Crippen molar-refractivity contribution in [2.75, 3.05) is 13.1 Å². The number of aromatic carboxylic acids is 1. The van der Waals surface area contributed by atoms with E-state index in [0.29, 0.717) is 24.9 Å². The molecule has 0 radical (unpaired) electrons. The number of benzene rings is 3. The molecule has 0 bridgehead atoms. The predicted molar refractivity (Wildman–Crippen MR) is 116 cm³/mol. The van der Waals surface area contributed by atoms with Gasteiger partial charge in [-0.25, -0.2) is 4.79 Å². The van der Waals surface area contributed by atoms with Crippen molar-refractivity contribution in [2.24, 2.45) is 0 Å². The second-order valence-electron chi connectivity index (χ2n) is 6.48. The van der Waals surface area contributed by atoms with Gasteiger partial charge in [-0.2, -0.15) is 0 Å². The minimum absolute atomic E-state index is 0.0391. The Kier molecular flexibility index (Phi) is 4.11. The van der Waals surface area contributed by atoms with Crippen LogP contribution in [0.5, 0.6) is 0 Å². The highest BCUT2D eigenvalue weighted by molar-refractivity contribution is 5.89. The lowest BCUT2D eigenvalue weighted by Gasteiger charge is -2.13. The first-order valence-corrected chi connectivity index (χ1v) is 9.14. The number of carboxylic acids is 1. The second kappa shape index (κ2) is 10.0. The highest BCUT2D eigenvalue weighted by atomic mass is 16.4. The Labute approximate surface area is 184 Å². The van der Waals surface area contributed by atoms with Crippen molar-refractivity contribution >= 4 is 5.97 Å². The highest BCUT2D eigenvalue weighted by Crippen LogP contribution is 2.22. The van der Waals surface area contributed by atoms with Crippen LogP contribution in [0.25, 0.3) is 11.1 Å². The molecule has 3 rings (SSSR count). The average molecular weight is 399 g/mol. The number of carbonyl (C=O) groups is 1. The van der Waals surface area contributed by atoms with Crippen molar-refractivity contribution < 1.29 is 27.3 Å². The van der Waals surface area contributed by atoms with E-state index >= 15 is 0 Å². The van der Waals surface area contributed by atoms with Crippen LogP contribution in [-0.2, 0) is 6.42 Å². The molecule has 0 fully saturated rings. The molecule has 4 nitrogen and oxygen atoms in total. The SMILES string of the molecule is [2H]c1c([2H])c(C(=O)O)c([2H])c(-c2cccc(CCCNC[C@]([2H])(O)c3c([2H])c([2H])c([2H])c(C)c3[2H])c2)c1[2H]. The zero-order chi connectivity index (χ0) is 28.5. The van der Waals surface area contributed by atoms with Crippen LogP contribution in [0.2, 0.25) is 0 Å². The van der Waals surface area contributed by atoms with E-state index in [0.717, 1.165) is 5.56 Å². The largest absolute Gasteiger partial charge is 0.478 e. The number of hydrogen-bond acceptors (Lipinski definition) is 3. The van der Waals surface area contributed by atoms with Gasteiger partial charge in [0.25, 0.3) is 0 Å². The van der Waals surface area contributed by atoms with Crippen LogP contribution < -0.4 is 5.32 Å². The van der Waals surface area contributed by atoms with Gasteiger partial charge in [-0.1, -0.05) is 66.1 Å². The van der Waals surface area contributed by atoms with Crippen LogP contribution in [0.1, 0.15) is 51.9 Å². The van der Waals surface area contributed by atoms with Crippen molar-refractivity contribution in [3.05, 3.63) is 94.9 Å². The number of carboxylic acid groups (broad SMARTS) is 1. The molecular weight excluding hydrogens is 362 g/mol. The van der Waals surface area contributed by atoms with Gasteiger partial charge in [0, 0.05) is 6.54 Å². The maximum absolute atomic E-state index is 11.5. The highest BCUT2D eigenvalue weighted by Gasteiger charge is 2.07. The number of aliphatic hydroxyl groups is 1. The second-order valence-corrected chi connectivity index (χ2v) is 6.48. The standard InChI is InChI=1S/C25H27NO3/c1-18-6-2-11-22(14-18)24(27)17-26-13-5-8-19-7-3-9-20(15-19)21-10-4-12-23(16-21)25(28)29/h2-4,6-7,9-12,14-16,24,26-27H,5,8,13,17H2,1H3,(H,28,29)/t24-/m0/s1/i2D,4D,6D,10D,11D,12D,14D,16D,24D. The number of aryl methyl sites for hydroxylation is 1. The molecule has 0 unspecified atom stereocenters. The van der Waals surface area contributed by atoms with Gasteiger partial charge in [0.1, 0.15) is 0 Å². The molecule has 29 heavy (non-hydrogen) atoms. The van der Waals surface area contributed by atoms with Gasteiger partial charge in [0.2, 0.25) is 0 Å². The van der Waals surface area contributed by atoms with E-state index in [-0.39, 0.29) is 35.3 Å². The molecule has 0 heterocycles. The normalized spacial score (nSPS) is 17.4. The molecule has 0 spiro atoms. The zero-order valence-electron chi connectivity index (χ0n) is 24.9. The van der Waals surface area contributed by atoms with Crippen LogP contribution in [0.15, 0.2) is 72.6 Å². The fraction of sp³-hybridized carbons (Fsp3) is 0.240. The van der Waals surface area contributed by atoms with Gasteiger partial charge in [-0.15, -0.1) is 0 Å². The Morgan fingerprint density at radius 1 is 1.17 bits per heavy atom. The molecule has 1 atom stereocenters. The fourth-order valence-electron chi connectivity index (χ4n) is 2.77. The summed E-state index contributed by atoms with van der Waals surface area (Å²) in [5, 5.41) is 22.9. The zero-order valence-corrected chi connectivity index (χ0v) is 15.9. The molecule has 3 aromatic carbocycles. The maximum Gasteiger partial charge on any atom is 0.335 e. The van der Waals surface area contributed by atoms with E-state index < -0.39 is 53.9 Å². The Morgan fingerprint density at radius 2 is 2.00 bits per heavy atom. The van der Waals surface area contributed by atoms with Gasteiger partial charge >= 0.3 is 5.97 Å². The summed E-state index contributed by atoms with van der Waals surface area (Å²) in [5.74, 6) is -1.51. The average Bonchev–Trinajstić information content (AvgIpc) is 2.85. The molecule has 3 aromatic rings. The number of rotatable bonds is 9. The summed E-state index contributed by atoms with van der Waals surface area (Å²) in [5.41, 5.74) is 0.292. The van der Waals surface area contributed by atoms with Crippen LogP contribution >= 0.6 is 0 Å². The molecule has 0 aliphatic heterocycles. The molecule has 0 saturated carbocycles. The summed E-state index contributed by atoms with van der Waals surface area (Å²) in [6.07, 6.45) is -1.31. The minimum atomic E-state index is -2.35. The molecule has 0 saturated heterocycles. The maximum atomic E-state index is 11.5. The van der Waals surface area contributed by atoms with E-state index in [1.807, 2.05) is 0 Å². The Hall–Kier alpha value is -2.95. The molecule has 0 aliphatic carbocycles. The summed E-state index contributed by atoms with van der Waals surface area (Å²) in [7, 11) is 0. The van der Waals surface area contributed by atoms with Crippen molar-refractivity contribution in [1.29, 1.82) is 0 Å². The monoisotopic (exact) mass is 398 g/mol. The topological polar surface area (TPSA) is 69.6 Å². The van der Waals surface area contributed by atoms with Crippen LogP contribution in [0, 0.1) is 6.92 Å². The molecule has 150 valence electrons. The molecule has 0 amide bonds. The van der Waals surface area contributed by atoms with E-state index in [2.05, 4.69) is 5.32 Å². The molecule has 0 aromatic heterocycles. The van der Waals surface area contributed by atoms with Gasteiger partial charge < -0.3 is 15.5 Å². The third-order valence-corrected chi connectivity index (χ3v) is 4.20. The quantitative estimate of drug-likeness (QED) is 0.460. The summed E-state index contributed by atoms with van der Waals surface area (Å²) in [4.78, 5) is 11.5. The van der Waals surface area contributed by atoms with Crippen LogP contribution in [0.3, 0.4) is 0 Å². The van der Waals surface area contributed by atoms with Gasteiger partial charge in [0.15, 0.2) is 0 Å². The lowest BCUT2D eigenvalue weighted by molar-refractivity contribution is 0.0697. The van der Waals surface area contributed by atoms with E-state index in [4.69, 9.17) is 12.3 Å². The van der Waals surface area contributed by atoms with Crippen molar-refractivity contribution in [1.82, 2.24) is 5.32 Å². The van der Waals surface area contributed by atoms with E-state index in [1.54, 1.807) is 24.3 Å². The van der Waals surface area contributed by atoms with Crippen LogP contribution in [-0.4, -0.2) is 29.3 Å².